The van der Waals surface area contributed by atoms with Crippen LogP contribution < -0.4 is 15.5 Å². The topological polar surface area (TPSA) is 83.3 Å². The van der Waals surface area contributed by atoms with Crippen LogP contribution in [0.4, 0.5) is 17.5 Å². The molecule has 6 heterocycles. The van der Waals surface area contributed by atoms with E-state index in [2.05, 4.69) is 54.8 Å². The SMILES string of the molecule is CC(C)c1cnc2ccc3cnc(Nc4ccc(N5CCC6(CC5)CNC6)cn4)nc3n12.Cl. The maximum Gasteiger partial charge on any atom is 0.230 e. The first-order valence-electron chi connectivity index (χ1n) is 11.4. The van der Waals surface area contributed by atoms with Crippen molar-refractivity contribution in [3.8, 4) is 0 Å². The second-order valence-electron chi connectivity index (χ2n) is 9.45. The van der Waals surface area contributed by atoms with E-state index in [4.69, 9.17) is 4.98 Å². The summed E-state index contributed by atoms with van der Waals surface area (Å²) in [6.45, 7) is 8.89. The van der Waals surface area contributed by atoms with Gasteiger partial charge in [-0.15, -0.1) is 12.4 Å². The van der Waals surface area contributed by atoms with Gasteiger partial charge in [0.2, 0.25) is 5.95 Å². The van der Waals surface area contributed by atoms with Gasteiger partial charge in [-0.3, -0.25) is 4.40 Å². The smallest absolute Gasteiger partial charge is 0.230 e. The van der Waals surface area contributed by atoms with Crippen molar-refractivity contribution >= 4 is 46.5 Å². The van der Waals surface area contributed by atoms with E-state index in [-0.39, 0.29) is 12.4 Å². The third-order valence-corrected chi connectivity index (χ3v) is 7.00. The van der Waals surface area contributed by atoms with Crippen LogP contribution in [0.2, 0.25) is 0 Å². The Kier molecular flexibility index (Phi) is 5.58. The highest BCUT2D eigenvalue weighted by Gasteiger charge is 2.39. The number of hydrogen-bond acceptors (Lipinski definition) is 7. The lowest BCUT2D eigenvalue weighted by molar-refractivity contribution is 0.126. The zero-order valence-electron chi connectivity index (χ0n) is 19.0. The molecule has 0 unspecified atom stereocenters. The van der Waals surface area contributed by atoms with Crippen molar-refractivity contribution in [3.05, 3.63) is 48.5 Å². The molecule has 0 aliphatic carbocycles. The lowest BCUT2D eigenvalue weighted by Gasteiger charge is -2.48. The van der Waals surface area contributed by atoms with Gasteiger partial charge in [-0.2, -0.15) is 4.98 Å². The quantitative estimate of drug-likeness (QED) is 0.469. The van der Waals surface area contributed by atoms with Gasteiger partial charge in [0.25, 0.3) is 0 Å². The summed E-state index contributed by atoms with van der Waals surface area (Å²) in [6, 6.07) is 8.17. The van der Waals surface area contributed by atoms with Crippen LogP contribution in [0, 0.1) is 5.41 Å². The normalized spacial score (nSPS) is 17.4. The molecule has 33 heavy (non-hydrogen) atoms. The monoisotopic (exact) mass is 464 g/mol. The van der Waals surface area contributed by atoms with Crippen LogP contribution in [0.15, 0.2) is 42.9 Å². The highest BCUT2D eigenvalue weighted by Crippen LogP contribution is 2.36. The van der Waals surface area contributed by atoms with Crippen LogP contribution in [0.1, 0.15) is 38.3 Å². The van der Waals surface area contributed by atoms with Crippen molar-refractivity contribution in [2.45, 2.75) is 32.6 Å². The molecule has 2 aliphatic heterocycles. The second kappa shape index (κ2) is 8.43. The molecule has 2 saturated heterocycles. The number of nitrogens with zero attached hydrogens (tertiary/aromatic N) is 6. The van der Waals surface area contributed by atoms with E-state index in [0.29, 0.717) is 17.3 Å². The van der Waals surface area contributed by atoms with E-state index in [1.54, 1.807) is 0 Å². The minimum Gasteiger partial charge on any atom is -0.370 e. The van der Waals surface area contributed by atoms with E-state index in [1.807, 2.05) is 36.8 Å². The van der Waals surface area contributed by atoms with Crippen LogP contribution in [0.3, 0.4) is 0 Å². The summed E-state index contributed by atoms with van der Waals surface area (Å²) in [4.78, 5) is 20.9. The predicted molar refractivity (Wildman–Crippen MR) is 134 cm³/mol. The largest absolute Gasteiger partial charge is 0.370 e. The summed E-state index contributed by atoms with van der Waals surface area (Å²) in [5, 5.41) is 7.68. The zero-order chi connectivity index (χ0) is 21.7. The fraction of sp³-hybridized carbons (Fsp3) is 0.417. The number of imidazole rings is 1. The lowest BCUT2D eigenvalue weighted by atomic mass is 9.73. The number of rotatable bonds is 4. The van der Waals surface area contributed by atoms with Gasteiger partial charge in [0.05, 0.1) is 11.9 Å². The van der Waals surface area contributed by atoms with Gasteiger partial charge in [-0.1, -0.05) is 13.8 Å². The van der Waals surface area contributed by atoms with Crippen molar-refractivity contribution < 1.29 is 0 Å². The molecule has 172 valence electrons. The van der Waals surface area contributed by atoms with Crippen molar-refractivity contribution in [1.82, 2.24) is 29.7 Å². The minimum atomic E-state index is 0. The third kappa shape index (κ3) is 3.87. The summed E-state index contributed by atoms with van der Waals surface area (Å²) in [5.41, 5.74) is 4.62. The summed E-state index contributed by atoms with van der Waals surface area (Å²) in [7, 11) is 0. The number of nitrogens with one attached hydrogen (secondary N) is 2. The van der Waals surface area contributed by atoms with Gasteiger partial charge < -0.3 is 15.5 Å². The summed E-state index contributed by atoms with van der Waals surface area (Å²) >= 11 is 0. The van der Waals surface area contributed by atoms with Crippen LogP contribution >= 0.6 is 12.4 Å². The molecule has 4 aromatic heterocycles. The van der Waals surface area contributed by atoms with Crippen molar-refractivity contribution in [2.75, 3.05) is 36.4 Å². The van der Waals surface area contributed by atoms with Crippen molar-refractivity contribution in [2.24, 2.45) is 5.41 Å². The molecule has 0 saturated carbocycles. The predicted octanol–water partition coefficient (Wildman–Crippen LogP) is 4.15. The summed E-state index contributed by atoms with van der Waals surface area (Å²) < 4.78 is 2.12. The Morgan fingerprint density at radius 1 is 0.970 bits per heavy atom. The molecule has 2 fully saturated rings. The van der Waals surface area contributed by atoms with Crippen LogP contribution in [0.5, 0.6) is 0 Å². The fourth-order valence-electron chi connectivity index (χ4n) is 4.87. The molecule has 4 aromatic rings. The molecule has 0 radical (unpaired) electrons. The maximum absolute atomic E-state index is 4.80. The molecule has 0 bridgehead atoms. The Balaban J connectivity index is 0.00000228. The highest BCUT2D eigenvalue weighted by molar-refractivity contribution is 5.85. The van der Waals surface area contributed by atoms with Gasteiger partial charge in [0.1, 0.15) is 11.5 Å². The molecule has 2 aliphatic rings. The molecule has 0 aromatic carbocycles. The second-order valence-corrected chi connectivity index (χ2v) is 9.45. The molecule has 2 N–H and O–H groups in total. The highest BCUT2D eigenvalue weighted by atomic mass is 35.5. The molecule has 1 spiro atoms. The van der Waals surface area contributed by atoms with Gasteiger partial charge in [-0.05, 0) is 48.4 Å². The number of anilines is 3. The van der Waals surface area contributed by atoms with Crippen LogP contribution in [-0.4, -0.2) is 50.5 Å². The Labute approximate surface area is 199 Å². The van der Waals surface area contributed by atoms with Crippen LogP contribution in [-0.2, 0) is 0 Å². The maximum atomic E-state index is 4.80. The third-order valence-electron chi connectivity index (χ3n) is 7.00. The molecule has 8 nitrogen and oxygen atoms in total. The minimum absolute atomic E-state index is 0. The Bertz CT molecular complexity index is 1270. The lowest BCUT2D eigenvalue weighted by Crippen LogP contribution is -2.58. The molecular weight excluding hydrogens is 436 g/mol. The number of fused-ring (bicyclic) bond motifs is 3. The molecule has 0 amide bonds. The van der Waals surface area contributed by atoms with E-state index in [0.717, 1.165) is 41.3 Å². The number of pyridine rings is 2. The summed E-state index contributed by atoms with van der Waals surface area (Å²) in [6.07, 6.45) is 8.24. The van der Waals surface area contributed by atoms with Crippen molar-refractivity contribution in [1.29, 1.82) is 0 Å². The molecule has 0 atom stereocenters. The number of halogens is 1. The number of hydrogen-bond donors (Lipinski definition) is 2. The first-order chi connectivity index (χ1) is 15.6. The fourth-order valence-corrected chi connectivity index (χ4v) is 4.87. The Hall–Kier alpha value is -2.97. The van der Waals surface area contributed by atoms with Gasteiger partial charge in [0, 0.05) is 49.7 Å². The van der Waals surface area contributed by atoms with Crippen molar-refractivity contribution in [3.63, 3.8) is 0 Å². The molecule has 9 heteroatoms. The first kappa shape index (κ1) is 21.9. The average Bonchev–Trinajstić information content (AvgIpc) is 3.24. The van der Waals surface area contributed by atoms with Gasteiger partial charge >= 0.3 is 0 Å². The Morgan fingerprint density at radius 2 is 1.79 bits per heavy atom. The first-order valence-corrected chi connectivity index (χ1v) is 11.4. The summed E-state index contributed by atoms with van der Waals surface area (Å²) in [5.74, 6) is 1.62. The van der Waals surface area contributed by atoms with E-state index in [9.17, 15) is 0 Å². The molecular formula is C24H29ClN8. The van der Waals surface area contributed by atoms with Crippen LogP contribution in [0.25, 0.3) is 16.7 Å². The van der Waals surface area contributed by atoms with Gasteiger partial charge in [0.15, 0.2) is 5.65 Å². The standard InChI is InChI=1S/C24H28N8.ClH/c1-16(2)19-13-27-21-6-3-17-11-28-23(30-22(17)32(19)21)29-20-5-4-18(12-26-20)31-9-7-24(8-10-31)14-25-15-24;/h3-6,11-13,16,25H,7-10,14-15H2,1-2H3,(H,26,28,29,30);1H. The number of aromatic nitrogens is 5. The Morgan fingerprint density at radius 3 is 2.45 bits per heavy atom. The molecule has 6 rings (SSSR count). The van der Waals surface area contributed by atoms with Gasteiger partial charge in [-0.25, -0.2) is 15.0 Å². The van der Waals surface area contributed by atoms with E-state index in [1.165, 1.54) is 31.6 Å². The average molecular weight is 465 g/mol. The van der Waals surface area contributed by atoms with E-state index >= 15 is 0 Å². The number of piperidine rings is 1. The zero-order valence-corrected chi connectivity index (χ0v) is 19.8. The van der Waals surface area contributed by atoms with E-state index < -0.39 is 0 Å².